The third-order valence-corrected chi connectivity index (χ3v) is 9.17. The maximum Gasteiger partial charge on any atom is 0.238 e. The van der Waals surface area contributed by atoms with Crippen LogP contribution < -0.4 is 0 Å². The molecule has 0 bridgehead atoms. The fraction of sp³-hybridized carbons (Fsp3) is 0. The van der Waals surface area contributed by atoms with Crippen LogP contribution in [0.3, 0.4) is 0 Å². The number of hydrogen-bond donors (Lipinski definition) is 0. The predicted molar refractivity (Wildman–Crippen MR) is 193 cm³/mol. The van der Waals surface area contributed by atoms with Crippen molar-refractivity contribution in [1.82, 2.24) is 24.5 Å². The molecule has 0 N–H and O–H groups in total. The lowest BCUT2D eigenvalue weighted by Gasteiger charge is -2.12. The highest BCUT2D eigenvalue weighted by molar-refractivity contribution is 6.12. The minimum Gasteiger partial charge on any atom is -0.456 e. The number of hydrogen-bond acceptors (Lipinski definition) is 5. The number of rotatable bonds is 4. The molecule has 6 heteroatoms. The highest BCUT2D eigenvalue weighted by Crippen LogP contribution is 2.37. The zero-order valence-electron chi connectivity index (χ0n) is 25.6. The number of fused-ring (bicyclic) bond motifs is 7. The van der Waals surface area contributed by atoms with Gasteiger partial charge in [0.05, 0.1) is 11.0 Å². The molecule has 0 fully saturated rings. The molecule has 0 aliphatic carbocycles. The van der Waals surface area contributed by atoms with Gasteiger partial charge in [-0.25, -0.2) is 4.98 Å². The van der Waals surface area contributed by atoms with Crippen LogP contribution in [-0.4, -0.2) is 24.5 Å². The van der Waals surface area contributed by atoms with Crippen molar-refractivity contribution < 1.29 is 4.42 Å². The Hall–Kier alpha value is -6.66. The number of nitrogens with zero attached hydrogens (tertiary/aromatic N) is 5. The molecule has 0 aliphatic rings. The van der Waals surface area contributed by atoms with Crippen LogP contribution in [-0.2, 0) is 0 Å². The van der Waals surface area contributed by atoms with E-state index in [9.17, 15) is 0 Å². The van der Waals surface area contributed by atoms with Crippen molar-refractivity contribution in [3.05, 3.63) is 152 Å². The van der Waals surface area contributed by atoms with Gasteiger partial charge in [-0.05, 0) is 52.2 Å². The van der Waals surface area contributed by atoms with Crippen LogP contribution in [0.4, 0.5) is 0 Å². The molecule has 4 aromatic heterocycles. The summed E-state index contributed by atoms with van der Waals surface area (Å²) in [6.07, 6.45) is 3.58. The Balaban J connectivity index is 1.20. The van der Waals surface area contributed by atoms with Crippen LogP contribution in [0, 0.1) is 0 Å². The van der Waals surface area contributed by atoms with E-state index >= 15 is 0 Å². The van der Waals surface area contributed by atoms with Gasteiger partial charge in [0.2, 0.25) is 5.95 Å². The van der Waals surface area contributed by atoms with Gasteiger partial charge in [-0.1, -0.05) is 109 Å². The second kappa shape index (κ2) is 10.4. The molecule has 0 amide bonds. The summed E-state index contributed by atoms with van der Waals surface area (Å²) in [6, 6.07) is 48.1. The Morgan fingerprint density at radius 2 is 1.17 bits per heavy atom. The number of para-hydroxylation sites is 2. The normalized spacial score (nSPS) is 11.8. The van der Waals surface area contributed by atoms with Gasteiger partial charge in [0.1, 0.15) is 11.2 Å². The molecule has 48 heavy (non-hydrogen) atoms. The fourth-order valence-electron chi connectivity index (χ4n) is 6.89. The molecule has 0 saturated heterocycles. The Morgan fingerprint density at radius 1 is 0.479 bits per heavy atom. The summed E-state index contributed by atoms with van der Waals surface area (Å²) in [7, 11) is 0. The highest BCUT2D eigenvalue weighted by Gasteiger charge is 2.20. The summed E-state index contributed by atoms with van der Waals surface area (Å²) in [5.41, 5.74) is 7.64. The maximum absolute atomic E-state index is 6.21. The smallest absolute Gasteiger partial charge is 0.238 e. The minimum atomic E-state index is 0.550. The van der Waals surface area contributed by atoms with Gasteiger partial charge in [-0.2, -0.15) is 9.97 Å². The van der Waals surface area contributed by atoms with Crippen LogP contribution >= 0.6 is 0 Å². The Kier molecular flexibility index (Phi) is 5.77. The quantitative estimate of drug-likeness (QED) is 0.197. The molecule has 0 radical (unpaired) electrons. The van der Waals surface area contributed by atoms with Crippen molar-refractivity contribution in [1.29, 1.82) is 0 Å². The van der Waals surface area contributed by atoms with Gasteiger partial charge in [-0.15, -0.1) is 0 Å². The van der Waals surface area contributed by atoms with Crippen LogP contribution in [0.1, 0.15) is 0 Å². The van der Waals surface area contributed by atoms with Gasteiger partial charge >= 0.3 is 0 Å². The highest BCUT2D eigenvalue weighted by atomic mass is 16.3. The topological polar surface area (TPSA) is 69.6 Å². The van der Waals surface area contributed by atoms with Crippen molar-refractivity contribution >= 4 is 54.5 Å². The van der Waals surface area contributed by atoms with E-state index in [0.29, 0.717) is 17.6 Å². The molecule has 4 heterocycles. The molecule has 0 unspecified atom stereocenters. The number of pyridine rings is 1. The number of furan rings is 1. The van der Waals surface area contributed by atoms with E-state index in [2.05, 4.69) is 125 Å². The summed E-state index contributed by atoms with van der Waals surface area (Å²) >= 11 is 0. The molecule has 10 rings (SSSR count). The van der Waals surface area contributed by atoms with Crippen LogP contribution in [0.25, 0.3) is 94.4 Å². The average molecular weight is 616 g/mol. The van der Waals surface area contributed by atoms with E-state index in [1.165, 1.54) is 10.8 Å². The van der Waals surface area contributed by atoms with Gasteiger partial charge in [0, 0.05) is 45.1 Å². The maximum atomic E-state index is 6.21. The summed E-state index contributed by atoms with van der Waals surface area (Å²) in [5.74, 6) is 1.70. The van der Waals surface area contributed by atoms with Crippen LogP contribution in [0.2, 0.25) is 0 Å². The molecule has 6 nitrogen and oxygen atoms in total. The van der Waals surface area contributed by atoms with Crippen LogP contribution in [0.5, 0.6) is 0 Å². The molecule has 224 valence electrons. The molecule has 0 spiro atoms. The average Bonchev–Trinajstić information content (AvgIpc) is 3.71. The van der Waals surface area contributed by atoms with Gasteiger partial charge in [0.25, 0.3) is 0 Å². The van der Waals surface area contributed by atoms with Crippen molar-refractivity contribution in [2.75, 3.05) is 0 Å². The number of benzene rings is 6. The molecule has 0 aliphatic heterocycles. The van der Waals surface area contributed by atoms with E-state index in [0.717, 1.165) is 66.0 Å². The Bertz CT molecular complexity index is 2800. The standard InChI is InChI=1S/C42H25N5O/c1-2-9-29-24-30(21-18-26(29)8-1)27-16-19-28(20-17-27)40-44-41(33-12-7-15-38-39(33)34-25-43-23-22-37(34)48-38)46-42(45-40)47-35-13-5-3-10-31(35)32-11-4-6-14-36(32)47/h1-25H. The first-order valence-electron chi connectivity index (χ1n) is 15.9. The SMILES string of the molecule is c1ccc2cc(-c3ccc(-c4nc(-c5cccc6oc7ccncc7c56)nc(-n5c6ccccc6c6ccccc65)n4)cc3)ccc2c1. The monoisotopic (exact) mass is 615 g/mol. The van der Waals surface area contributed by atoms with Gasteiger partial charge in [0.15, 0.2) is 11.6 Å². The lowest BCUT2D eigenvalue weighted by Crippen LogP contribution is -2.06. The first-order valence-corrected chi connectivity index (χ1v) is 15.9. The predicted octanol–water partition coefficient (Wildman–Crippen LogP) is 10.4. The van der Waals surface area contributed by atoms with Crippen molar-refractivity contribution in [3.63, 3.8) is 0 Å². The molecular formula is C42H25N5O. The summed E-state index contributed by atoms with van der Waals surface area (Å²) in [4.78, 5) is 19.9. The summed E-state index contributed by atoms with van der Waals surface area (Å²) in [5, 5.41) is 6.58. The zero-order chi connectivity index (χ0) is 31.6. The van der Waals surface area contributed by atoms with Crippen LogP contribution in [0.15, 0.2) is 156 Å². The molecule has 10 aromatic rings. The van der Waals surface area contributed by atoms with E-state index in [4.69, 9.17) is 19.4 Å². The molecule has 0 saturated carbocycles. The molecule has 0 atom stereocenters. The van der Waals surface area contributed by atoms with E-state index < -0.39 is 0 Å². The lowest BCUT2D eigenvalue weighted by atomic mass is 10.00. The second-order valence-electron chi connectivity index (χ2n) is 11.9. The largest absolute Gasteiger partial charge is 0.456 e. The number of aromatic nitrogens is 5. The second-order valence-corrected chi connectivity index (χ2v) is 11.9. The third-order valence-electron chi connectivity index (χ3n) is 9.17. The fourth-order valence-corrected chi connectivity index (χ4v) is 6.89. The molecular weight excluding hydrogens is 590 g/mol. The first-order chi connectivity index (χ1) is 23.8. The van der Waals surface area contributed by atoms with Crippen molar-refractivity contribution in [2.24, 2.45) is 0 Å². The van der Waals surface area contributed by atoms with Gasteiger partial charge in [-0.3, -0.25) is 9.55 Å². The lowest BCUT2D eigenvalue weighted by molar-refractivity contribution is 0.668. The first kappa shape index (κ1) is 26.5. The molecule has 6 aromatic carbocycles. The Labute approximate surface area is 274 Å². The van der Waals surface area contributed by atoms with E-state index in [1.807, 2.05) is 30.5 Å². The zero-order valence-corrected chi connectivity index (χ0v) is 25.6. The summed E-state index contributed by atoms with van der Waals surface area (Å²) < 4.78 is 8.35. The summed E-state index contributed by atoms with van der Waals surface area (Å²) in [6.45, 7) is 0. The minimum absolute atomic E-state index is 0.550. The van der Waals surface area contributed by atoms with E-state index in [-0.39, 0.29) is 0 Å². The van der Waals surface area contributed by atoms with Crippen molar-refractivity contribution in [2.45, 2.75) is 0 Å². The third kappa shape index (κ3) is 4.13. The van der Waals surface area contributed by atoms with Gasteiger partial charge < -0.3 is 4.42 Å². The van der Waals surface area contributed by atoms with E-state index in [1.54, 1.807) is 6.20 Å². The Morgan fingerprint density at radius 3 is 1.98 bits per heavy atom. The van der Waals surface area contributed by atoms with Crippen molar-refractivity contribution in [3.8, 4) is 39.9 Å².